The van der Waals surface area contributed by atoms with Gasteiger partial charge in [0, 0.05) is 18.7 Å². The normalized spacial score (nSPS) is 16.5. The van der Waals surface area contributed by atoms with E-state index in [0.717, 1.165) is 18.5 Å². The molecule has 0 saturated carbocycles. The lowest BCUT2D eigenvalue weighted by Crippen LogP contribution is -2.27. The topological polar surface area (TPSA) is 38.3 Å². The zero-order chi connectivity index (χ0) is 11.5. The second-order valence-electron chi connectivity index (χ2n) is 3.58. The predicted molar refractivity (Wildman–Crippen MR) is 63.4 cm³/mol. The summed E-state index contributed by atoms with van der Waals surface area (Å²) in [4.78, 5) is 11.3. The fourth-order valence-corrected chi connectivity index (χ4v) is 1.76. The fraction of sp³-hybridized carbons (Fsp3) is 0.250. The van der Waals surface area contributed by atoms with Crippen LogP contribution in [0.15, 0.2) is 23.9 Å². The van der Waals surface area contributed by atoms with E-state index < -0.39 is 5.97 Å². The van der Waals surface area contributed by atoms with Gasteiger partial charge in [-0.1, -0.05) is 17.7 Å². The number of esters is 1. The molecular formula is C12H12ClNO2. The van der Waals surface area contributed by atoms with Gasteiger partial charge in [-0.15, -0.1) is 0 Å². The molecule has 3 nitrogen and oxygen atoms in total. The Morgan fingerprint density at radius 1 is 1.56 bits per heavy atom. The van der Waals surface area contributed by atoms with E-state index in [2.05, 4.69) is 10.1 Å². The highest BCUT2D eigenvalue weighted by Gasteiger charge is 2.11. The second kappa shape index (κ2) is 4.58. The van der Waals surface area contributed by atoms with Crippen LogP contribution in [0.3, 0.4) is 0 Å². The summed E-state index contributed by atoms with van der Waals surface area (Å²) in [6.07, 6.45) is 3.09. The highest BCUT2D eigenvalue weighted by atomic mass is 35.5. The molecule has 16 heavy (non-hydrogen) atoms. The molecule has 1 aromatic rings. The molecule has 1 fully saturated rings. The lowest BCUT2D eigenvalue weighted by molar-refractivity contribution is 0.0601. The Bertz CT molecular complexity index is 448. The Labute approximate surface area is 99.1 Å². The number of carbonyl (C=O) groups excluding carboxylic acids is 1. The van der Waals surface area contributed by atoms with E-state index in [1.54, 1.807) is 12.1 Å². The van der Waals surface area contributed by atoms with Crippen molar-refractivity contribution in [2.75, 3.05) is 13.7 Å². The number of rotatable bonds is 2. The predicted octanol–water partition coefficient (Wildman–Crippen LogP) is 2.46. The van der Waals surface area contributed by atoms with Crippen molar-refractivity contribution in [3.63, 3.8) is 0 Å². The average Bonchev–Trinajstić information content (AvgIpc) is 2.23. The Morgan fingerprint density at radius 2 is 2.31 bits per heavy atom. The van der Waals surface area contributed by atoms with E-state index in [1.807, 2.05) is 12.1 Å². The van der Waals surface area contributed by atoms with Crippen molar-refractivity contribution < 1.29 is 9.53 Å². The standard InChI is InChI=1S/C12H12ClNO2/c1-16-12(15)10-3-2-8(7-11(10)13)6-9-4-5-14-9/h2-3,6-7,14H,4-5H2,1H3. The molecule has 1 aliphatic heterocycles. The molecule has 1 heterocycles. The lowest BCUT2D eigenvalue weighted by atomic mass is 10.1. The molecule has 0 amide bonds. The Kier molecular flexibility index (Phi) is 3.15. The minimum Gasteiger partial charge on any atom is -0.465 e. The van der Waals surface area contributed by atoms with Crippen molar-refractivity contribution in [2.45, 2.75) is 6.42 Å². The number of hydrogen-bond acceptors (Lipinski definition) is 3. The van der Waals surface area contributed by atoms with Crippen LogP contribution in [-0.4, -0.2) is 19.6 Å². The largest absolute Gasteiger partial charge is 0.465 e. The molecule has 0 aliphatic carbocycles. The first-order valence-corrected chi connectivity index (χ1v) is 5.41. The summed E-state index contributed by atoms with van der Waals surface area (Å²) >= 11 is 6.00. The fourth-order valence-electron chi connectivity index (χ4n) is 1.49. The Morgan fingerprint density at radius 3 is 2.81 bits per heavy atom. The molecule has 0 radical (unpaired) electrons. The molecule has 2 rings (SSSR count). The van der Waals surface area contributed by atoms with E-state index in [1.165, 1.54) is 12.8 Å². The molecule has 1 aromatic carbocycles. The summed E-state index contributed by atoms with van der Waals surface area (Å²) in [7, 11) is 1.34. The van der Waals surface area contributed by atoms with Gasteiger partial charge in [0.25, 0.3) is 0 Å². The summed E-state index contributed by atoms with van der Waals surface area (Å²) in [5.41, 5.74) is 2.58. The summed E-state index contributed by atoms with van der Waals surface area (Å²) < 4.78 is 4.62. The van der Waals surface area contributed by atoms with Gasteiger partial charge in [0.15, 0.2) is 0 Å². The molecule has 1 aliphatic rings. The van der Waals surface area contributed by atoms with Crippen molar-refractivity contribution >= 4 is 23.6 Å². The van der Waals surface area contributed by atoms with Gasteiger partial charge in [-0.3, -0.25) is 0 Å². The lowest BCUT2D eigenvalue weighted by Gasteiger charge is -2.19. The van der Waals surface area contributed by atoms with Crippen LogP contribution in [0.2, 0.25) is 5.02 Å². The van der Waals surface area contributed by atoms with Crippen LogP contribution in [0.25, 0.3) is 6.08 Å². The number of nitrogens with one attached hydrogen (secondary N) is 1. The van der Waals surface area contributed by atoms with Gasteiger partial charge in [-0.25, -0.2) is 4.79 Å². The minimum absolute atomic E-state index is 0.396. The van der Waals surface area contributed by atoms with Crippen LogP contribution in [0.1, 0.15) is 22.3 Å². The van der Waals surface area contributed by atoms with Crippen LogP contribution >= 0.6 is 11.6 Å². The monoisotopic (exact) mass is 237 g/mol. The third-order valence-electron chi connectivity index (χ3n) is 2.49. The zero-order valence-electron chi connectivity index (χ0n) is 8.92. The summed E-state index contributed by atoms with van der Waals surface area (Å²) in [5, 5.41) is 3.61. The van der Waals surface area contributed by atoms with Gasteiger partial charge < -0.3 is 10.1 Å². The van der Waals surface area contributed by atoms with Crippen LogP contribution in [-0.2, 0) is 4.74 Å². The number of ether oxygens (including phenoxy) is 1. The van der Waals surface area contributed by atoms with Crippen molar-refractivity contribution in [1.82, 2.24) is 5.32 Å². The first kappa shape index (κ1) is 11.0. The van der Waals surface area contributed by atoms with Crippen molar-refractivity contribution in [2.24, 2.45) is 0 Å². The zero-order valence-corrected chi connectivity index (χ0v) is 9.67. The van der Waals surface area contributed by atoms with Gasteiger partial charge in [0.2, 0.25) is 0 Å². The molecule has 0 bridgehead atoms. The molecule has 1 N–H and O–H groups in total. The van der Waals surface area contributed by atoms with Crippen molar-refractivity contribution in [1.29, 1.82) is 0 Å². The molecule has 0 unspecified atom stereocenters. The number of hydrogen-bond donors (Lipinski definition) is 1. The molecule has 0 atom stereocenters. The van der Waals surface area contributed by atoms with Crippen molar-refractivity contribution in [3.05, 3.63) is 40.0 Å². The minimum atomic E-state index is -0.411. The SMILES string of the molecule is COC(=O)c1ccc(C=C2CCN2)cc1Cl. The van der Waals surface area contributed by atoms with Gasteiger partial charge in [-0.05, 0) is 23.8 Å². The molecule has 0 spiro atoms. The molecule has 84 valence electrons. The number of methoxy groups -OCH3 is 1. The second-order valence-corrected chi connectivity index (χ2v) is 3.98. The number of halogens is 1. The highest BCUT2D eigenvalue weighted by Crippen LogP contribution is 2.21. The first-order chi connectivity index (χ1) is 7.70. The maximum absolute atomic E-state index is 11.3. The number of carbonyl (C=O) groups is 1. The molecule has 1 saturated heterocycles. The van der Waals surface area contributed by atoms with E-state index >= 15 is 0 Å². The third kappa shape index (κ3) is 2.19. The van der Waals surface area contributed by atoms with Crippen LogP contribution in [0.5, 0.6) is 0 Å². The first-order valence-electron chi connectivity index (χ1n) is 5.03. The van der Waals surface area contributed by atoms with Crippen LogP contribution in [0, 0.1) is 0 Å². The van der Waals surface area contributed by atoms with E-state index in [9.17, 15) is 4.79 Å². The molecular weight excluding hydrogens is 226 g/mol. The molecule has 4 heteroatoms. The maximum atomic E-state index is 11.3. The average molecular weight is 238 g/mol. The summed E-state index contributed by atoms with van der Waals surface area (Å²) in [6, 6.07) is 5.30. The number of benzene rings is 1. The Hall–Kier alpha value is -1.48. The summed E-state index contributed by atoms with van der Waals surface area (Å²) in [6.45, 7) is 1.03. The van der Waals surface area contributed by atoms with Gasteiger partial charge in [-0.2, -0.15) is 0 Å². The Balaban J connectivity index is 2.25. The smallest absolute Gasteiger partial charge is 0.339 e. The van der Waals surface area contributed by atoms with Crippen molar-refractivity contribution in [3.8, 4) is 0 Å². The van der Waals surface area contributed by atoms with E-state index in [0.29, 0.717) is 10.6 Å². The van der Waals surface area contributed by atoms with Gasteiger partial charge >= 0.3 is 5.97 Å². The molecule has 0 aromatic heterocycles. The van der Waals surface area contributed by atoms with Gasteiger partial charge in [0.05, 0.1) is 17.7 Å². The van der Waals surface area contributed by atoms with E-state index in [-0.39, 0.29) is 0 Å². The maximum Gasteiger partial charge on any atom is 0.339 e. The van der Waals surface area contributed by atoms with Gasteiger partial charge in [0.1, 0.15) is 0 Å². The van der Waals surface area contributed by atoms with Crippen LogP contribution in [0.4, 0.5) is 0 Å². The quantitative estimate of drug-likeness (QED) is 0.803. The highest BCUT2D eigenvalue weighted by molar-refractivity contribution is 6.33. The summed E-state index contributed by atoms with van der Waals surface area (Å²) in [5.74, 6) is -0.411. The van der Waals surface area contributed by atoms with Crippen LogP contribution < -0.4 is 5.32 Å². The third-order valence-corrected chi connectivity index (χ3v) is 2.80. The van der Waals surface area contributed by atoms with E-state index in [4.69, 9.17) is 11.6 Å².